The maximum atomic E-state index is 11.4. The molecule has 22 heavy (non-hydrogen) atoms. The Bertz CT molecular complexity index is 586. The van der Waals surface area contributed by atoms with E-state index in [9.17, 15) is 19.2 Å². The highest BCUT2D eigenvalue weighted by atomic mass is 16.6. The third kappa shape index (κ3) is 4.58. The van der Waals surface area contributed by atoms with Gasteiger partial charge in [0.25, 0.3) is 5.91 Å². The highest BCUT2D eigenvalue weighted by Crippen LogP contribution is 2.06. The average Bonchev–Trinajstić information content (AvgIpc) is 2.82. The van der Waals surface area contributed by atoms with Gasteiger partial charge in [0.15, 0.2) is 6.10 Å². The normalized spacial score (nSPS) is 16.8. The van der Waals surface area contributed by atoms with E-state index in [4.69, 9.17) is 9.47 Å². The lowest BCUT2D eigenvalue weighted by molar-refractivity contribution is -0.152. The van der Waals surface area contributed by atoms with Crippen LogP contribution >= 0.6 is 0 Å². The molecule has 1 atom stereocenters. The van der Waals surface area contributed by atoms with Crippen molar-refractivity contribution in [2.75, 3.05) is 6.54 Å². The van der Waals surface area contributed by atoms with Crippen molar-refractivity contribution in [3.8, 4) is 0 Å². The van der Waals surface area contributed by atoms with E-state index in [2.05, 4.69) is 5.32 Å². The monoisotopic (exact) mass is 306 g/mol. The van der Waals surface area contributed by atoms with Crippen molar-refractivity contribution in [1.29, 1.82) is 0 Å². The first kappa shape index (κ1) is 15.5. The minimum absolute atomic E-state index is 0.0707. The van der Waals surface area contributed by atoms with Crippen LogP contribution in [0.25, 0.3) is 0 Å². The van der Waals surface area contributed by atoms with Crippen LogP contribution in [0.15, 0.2) is 30.3 Å². The van der Waals surface area contributed by atoms with Crippen LogP contribution < -0.4 is 10.6 Å². The number of benzene rings is 1. The van der Waals surface area contributed by atoms with Crippen molar-refractivity contribution < 1.29 is 28.7 Å². The summed E-state index contributed by atoms with van der Waals surface area (Å²) in [6.07, 6.45) is -2.13. The summed E-state index contributed by atoms with van der Waals surface area (Å²) in [7, 11) is 0. The van der Waals surface area contributed by atoms with E-state index in [1.165, 1.54) is 0 Å². The average molecular weight is 306 g/mol. The molecule has 0 radical (unpaired) electrons. The molecule has 0 spiro atoms. The van der Waals surface area contributed by atoms with Gasteiger partial charge in [-0.3, -0.25) is 19.7 Å². The second-order valence-electron chi connectivity index (χ2n) is 4.51. The topological polar surface area (TPSA) is 111 Å². The summed E-state index contributed by atoms with van der Waals surface area (Å²) in [6.45, 7) is -0.382. The Morgan fingerprint density at radius 3 is 2.59 bits per heavy atom. The second kappa shape index (κ2) is 7.21. The zero-order valence-electron chi connectivity index (χ0n) is 11.5. The lowest BCUT2D eigenvalue weighted by Gasteiger charge is -2.10. The smallest absolute Gasteiger partial charge is 0.407 e. The molecule has 2 rings (SSSR count). The summed E-state index contributed by atoms with van der Waals surface area (Å²) >= 11 is 0. The summed E-state index contributed by atoms with van der Waals surface area (Å²) in [5, 5.41) is 4.21. The fraction of sp³-hybridized carbons (Fsp3) is 0.286. The molecule has 0 saturated carbocycles. The highest BCUT2D eigenvalue weighted by Gasteiger charge is 2.33. The molecule has 1 fully saturated rings. The van der Waals surface area contributed by atoms with Crippen LogP contribution in [-0.2, 0) is 30.5 Å². The Kier molecular flexibility index (Phi) is 5.07. The van der Waals surface area contributed by atoms with E-state index in [-0.39, 0.29) is 13.0 Å². The number of esters is 1. The van der Waals surface area contributed by atoms with Gasteiger partial charge in [-0.1, -0.05) is 30.3 Å². The Morgan fingerprint density at radius 1 is 1.23 bits per heavy atom. The zero-order chi connectivity index (χ0) is 15.9. The summed E-state index contributed by atoms with van der Waals surface area (Å²) in [5.74, 6) is -1.99. The van der Waals surface area contributed by atoms with Gasteiger partial charge in [-0.15, -0.1) is 0 Å². The van der Waals surface area contributed by atoms with Crippen molar-refractivity contribution in [3.05, 3.63) is 35.9 Å². The van der Waals surface area contributed by atoms with Crippen LogP contribution in [0.4, 0.5) is 4.79 Å². The van der Waals surface area contributed by atoms with Gasteiger partial charge in [-0.2, -0.15) is 0 Å². The second-order valence-corrected chi connectivity index (χ2v) is 4.51. The zero-order valence-corrected chi connectivity index (χ0v) is 11.5. The Hall–Kier alpha value is -2.90. The maximum absolute atomic E-state index is 11.4. The molecule has 3 amide bonds. The third-order valence-corrected chi connectivity index (χ3v) is 2.79. The predicted octanol–water partition coefficient (Wildman–Crippen LogP) is -0.129. The molecule has 0 unspecified atom stereocenters. The Labute approximate surface area is 125 Å². The number of nitrogens with one attached hydrogen (secondary N) is 2. The molecule has 1 heterocycles. The van der Waals surface area contributed by atoms with Gasteiger partial charge >= 0.3 is 12.1 Å². The summed E-state index contributed by atoms with van der Waals surface area (Å²) < 4.78 is 9.66. The van der Waals surface area contributed by atoms with Crippen LogP contribution in [0.5, 0.6) is 0 Å². The first-order valence-electron chi connectivity index (χ1n) is 6.52. The Morgan fingerprint density at radius 2 is 1.95 bits per heavy atom. The van der Waals surface area contributed by atoms with Crippen LogP contribution in [-0.4, -0.2) is 36.5 Å². The number of hydrogen-bond acceptors (Lipinski definition) is 6. The Balaban J connectivity index is 1.66. The minimum Gasteiger partial charge on any atom is -0.450 e. The molecular formula is C14H14N2O6. The highest BCUT2D eigenvalue weighted by molar-refractivity contribution is 6.05. The number of carbonyl (C=O) groups excluding carboxylic acids is 4. The van der Waals surface area contributed by atoms with Gasteiger partial charge in [0.1, 0.15) is 13.2 Å². The van der Waals surface area contributed by atoms with Gasteiger partial charge in [0.2, 0.25) is 5.91 Å². The van der Waals surface area contributed by atoms with E-state index in [0.29, 0.717) is 0 Å². The van der Waals surface area contributed by atoms with Crippen molar-refractivity contribution in [1.82, 2.24) is 10.6 Å². The maximum Gasteiger partial charge on any atom is 0.407 e. The van der Waals surface area contributed by atoms with Crippen LogP contribution in [0.1, 0.15) is 12.0 Å². The quantitative estimate of drug-likeness (QED) is 0.579. The lowest BCUT2D eigenvalue weighted by atomic mass is 10.2. The van der Waals surface area contributed by atoms with E-state index >= 15 is 0 Å². The lowest BCUT2D eigenvalue weighted by Crippen LogP contribution is -2.35. The number of carbonyl (C=O) groups is 4. The molecule has 1 aliphatic rings. The molecule has 116 valence electrons. The van der Waals surface area contributed by atoms with Crippen molar-refractivity contribution in [2.45, 2.75) is 19.1 Å². The molecule has 1 saturated heterocycles. The standard InChI is InChI=1S/C14H14N2O6/c17-11-6-10(13(19)16-11)22-12(18)7-15-14(20)21-8-9-4-2-1-3-5-9/h1-5,10H,6-8H2,(H,15,20)(H,16,17,19)/t10-/m1/s1. The molecule has 1 aliphatic heterocycles. The minimum atomic E-state index is -1.14. The molecule has 8 nitrogen and oxygen atoms in total. The van der Waals surface area contributed by atoms with Gasteiger partial charge < -0.3 is 14.8 Å². The van der Waals surface area contributed by atoms with Crippen LogP contribution in [0.3, 0.4) is 0 Å². The summed E-state index contributed by atoms with van der Waals surface area (Å²) in [6, 6.07) is 9.03. The molecular weight excluding hydrogens is 292 g/mol. The molecule has 1 aromatic carbocycles. The van der Waals surface area contributed by atoms with Crippen LogP contribution in [0, 0.1) is 0 Å². The largest absolute Gasteiger partial charge is 0.450 e. The molecule has 0 aromatic heterocycles. The third-order valence-electron chi connectivity index (χ3n) is 2.79. The number of alkyl carbamates (subject to hydrolysis) is 1. The van der Waals surface area contributed by atoms with E-state index < -0.39 is 36.5 Å². The first-order valence-corrected chi connectivity index (χ1v) is 6.52. The number of imide groups is 1. The van der Waals surface area contributed by atoms with Crippen molar-refractivity contribution >= 4 is 23.9 Å². The van der Waals surface area contributed by atoms with Crippen LogP contribution in [0.2, 0.25) is 0 Å². The SMILES string of the molecule is O=C1C[C@@H](OC(=O)CNC(=O)OCc2ccccc2)C(=O)N1. The number of rotatable bonds is 5. The van der Waals surface area contributed by atoms with E-state index in [1.807, 2.05) is 23.5 Å². The fourth-order valence-electron chi connectivity index (χ4n) is 1.74. The fourth-order valence-corrected chi connectivity index (χ4v) is 1.74. The van der Waals surface area contributed by atoms with Gasteiger partial charge in [-0.25, -0.2) is 4.79 Å². The molecule has 0 aliphatic carbocycles. The van der Waals surface area contributed by atoms with Gasteiger partial charge in [0, 0.05) is 0 Å². The predicted molar refractivity (Wildman–Crippen MR) is 72.3 cm³/mol. The molecule has 2 N–H and O–H groups in total. The molecule has 1 aromatic rings. The van der Waals surface area contributed by atoms with E-state index in [1.54, 1.807) is 12.1 Å². The molecule has 0 bridgehead atoms. The van der Waals surface area contributed by atoms with Gasteiger partial charge in [-0.05, 0) is 5.56 Å². The van der Waals surface area contributed by atoms with E-state index in [0.717, 1.165) is 5.56 Å². The number of ether oxygens (including phenoxy) is 2. The summed E-state index contributed by atoms with van der Waals surface area (Å²) in [4.78, 5) is 45.0. The summed E-state index contributed by atoms with van der Waals surface area (Å²) in [5.41, 5.74) is 0.807. The van der Waals surface area contributed by atoms with Gasteiger partial charge in [0.05, 0.1) is 6.42 Å². The number of hydrogen-bond donors (Lipinski definition) is 2. The number of amides is 3. The van der Waals surface area contributed by atoms with Crippen molar-refractivity contribution in [3.63, 3.8) is 0 Å². The first-order chi connectivity index (χ1) is 10.5. The molecule has 8 heteroatoms. The van der Waals surface area contributed by atoms with Crippen molar-refractivity contribution in [2.24, 2.45) is 0 Å².